The second-order valence-electron chi connectivity index (χ2n) is 3.90. The molecule has 1 aromatic carbocycles. The highest BCUT2D eigenvalue weighted by Crippen LogP contribution is 2.25. The lowest BCUT2D eigenvalue weighted by atomic mass is 10.1. The maximum absolute atomic E-state index is 10.9. The maximum atomic E-state index is 10.9. The van der Waals surface area contributed by atoms with Crippen LogP contribution in [0.3, 0.4) is 0 Å². The van der Waals surface area contributed by atoms with Crippen molar-refractivity contribution in [2.75, 3.05) is 5.32 Å². The lowest BCUT2D eigenvalue weighted by Gasteiger charge is -2.14. The molecule has 1 N–H and O–H groups in total. The van der Waals surface area contributed by atoms with Crippen molar-refractivity contribution in [3.8, 4) is 0 Å². The number of pyridine rings is 1. The predicted octanol–water partition coefficient (Wildman–Crippen LogP) is 3.16. The molecule has 5 heteroatoms. The first-order chi connectivity index (χ1) is 8.68. The van der Waals surface area contributed by atoms with Crippen molar-refractivity contribution < 1.29 is 4.92 Å². The van der Waals surface area contributed by atoms with Crippen LogP contribution in [0.2, 0.25) is 0 Å². The minimum Gasteiger partial charge on any atom is -0.358 e. The summed E-state index contributed by atoms with van der Waals surface area (Å²) in [5.41, 5.74) is 1.04. The van der Waals surface area contributed by atoms with E-state index in [9.17, 15) is 10.1 Å². The molecule has 1 atom stereocenters. The number of benzene rings is 1. The van der Waals surface area contributed by atoms with E-state index in [0.717, 1.165) is 5.56 Å². The van der Waals surface area contributed by atoms with Crippen LogP contribution in [0, 0.1) is 10.1 Å². The number of anilines is 1. The smallest absolute Gasteiger partial charge is 0.311 e. The summed E-state index contributed by atoms with van der Waals surface area (Å²) in [4.78, 5) is 14.4. The molecule has 0 aliphatic rings. The van der Waals surface area contributed by atoms with Gasteiger partial charge in [-0.1, -0.05) is 30.3 Å². The van der Waals surface area contributed by atoms with Gasteiger partial charge in [0.25, 0.3) is 0 Å². The fourth-order valence-corrected chi connectivity index (χ4v) is 1.69. The highest BCUT2D eigenvalue weighted by molar-refractivity contribution is 5.56. The minimum absolute atomic E-state index is 0.0136. The van der Waals surface area contributed by atoms with Gasteiger partial charge in [-0.05, 0) is 18.6 Å². The normalized spacial score (nSPS) is 11.8. The van der Waals surface area contributed by atoms with Gasteiger partial charge >= 0.3 is 5.69 Å². The molecule has 0 saturated heterocycles. The van der Waals surface area contributed by atoms with Crippen molar-refractivity contribution in [3.63, 3.8) is 0 Å². The number of hydrogen-bond acceptors (Lipinski definition) is 4. The van der Waals surface area contributed by atoms with Crippen LogP contribution in [-0.2, 0) is 0 Å². The third-order valence-corrected chi connectivity index (χ3v) is 2.64. The summed E-state index contributed by atoms with van der Waals surface area (Å²) in [5.74, 6) is 0.291. The Labute approximate surface area is 105 Å². The molecule has 0 radical (unpaired) electrons. The fraction of sp³-hybridized carbons (Fsp3) is 0.154. The number of aromatic nitrogens is 1. The molecule has 1 heterocycles. The number of nitrogens with zero attached hydrogens (tertiary/aromatic N) is 2. The molecule has 0 aliphatic carbocycles. The zero-order valence-electron chi connectivity index (χ0n) is 9.91. The largest absolute Gasteiger partial charge is 0.358 e. The average molecular weight is 243 g/mol. The Balaban J connectivity index is 2.22. The molecule has 0 saturated carbocycles. The Kier molecular flexibility index (Phi) is 3.52. The van der Waals surface area contributed by atoms with Crippen LogP contribution in [-0.4, -0.2) is 9.91 Å². The number of hydrogen-bond donors (Lipinski definition) is 1. The monoisotopic (exact) mass is 243 g/mol. The summed E-state index contributed by atoms with van der Waals surface area (Å²) in [7, 11) is 0. The van der Waals surface area contributed by atoms with Crippen molar-refractivity contribution in [1.82, 2.24) is 4.98 Å². The average Bonchev–Trinajstić information content (AvgIpc) is 2.40. The van der Waals surface area contributed by atoms with Crippen LogP contribution in [0.5, 0.6) is 0 Å². The number of nitrogens with one attached hydrogen (secondary N) is 1. The van der Waals surface area contributed by atoms with Crippen LogP contribution >= 0.6 is 0 Å². The van der Waals surface area contributed by atoms with Crippen LogP contribution in [0.25, 0.3) is 0 Å². The summed E-state index contributed by atoms with van der Waals surface area (Å²) >= 11 is 0. The van der Waals surface area contributed by atoms with Gasteiger partial charge in [-0.2, -0.15) is 0 Å². The summed E-state index contributed by atoms with van der Waals surface area (Å²) in [6.07, 6.45) is 1.53. The third kappa shape index (κ3) is 2.63. The van der Waals surface area contributed by atoms with Gasteiger partial charge in [-0.25, -0.2) is 4.98 Å². The zero-order valence-corrected chi connectivity index (χ0v) is 9.91. The molecular weight excluding hydrogens is 230 g/mol. The van der Waals surface area contributed by atoms with Crippen LogP contribution in [0.4, 0.5) is 11.5 Å². The van der Waals surface area contributed by atoms with E-state index in [-0.39, 0.29) is 11.7 Å². The Morgan fingerprint density at radius 1 is 1.22 bits per heavy atom. The minimum atomic E-state index is -0.437. The van der Waals surface area contributed by atoms with Crippen LogP contribution < -0.4 is 5.32 Å². The standard InChI is InChI=1S/C13H13N3O2/c1-10(11-6-3-2-4-7-11)15-13-12(16(17)18)8-5-9-14-13/h2-10H,1H3,(H,14,15)/t10-/m1/s1. The molecule has 0 spiro atoms. The molecule has 2 rings (SSSR count). The van der Waals surface area contributed by atoms with Gasteiger partial charge in [0.1, 0.15) is 0 Å². The maximum Gasteiger partial charge on any atom is 0.311 e. The molecule has 92 valence electrons. The van der Waals surface area contributed by atoms with Crippen molar-refractivity contribution in [3.05, 3.63) is 64.3 Å². The molecule has 5 nitrogen and oxygen atoms in total. The summed E-state index contributed by atoms with van der Waals surface area (Å²) in [6, 6.07) is 12.7. The first kappa shape index (κ1) is 12.0. The molecule has 0 bridgehead atoms. The zero-order chi connectivity index (χ0) is 13.0. The first-order valence-electron chi connectivity index (χ1n) is 5.59. The van der Waals surface area contributed by atoms with Gasteiger partial charge < -0.3 is 5.32 Å². The molecule has 0 amide bonds. The third-order valence-electron chi connectivity index (χ3n) is 2.64. The molecule has 2 aromatic rings. The van der Waals surface area contributed by atoms with Crippen molar-refractivity contribution in [2.45, 2.75) is 13.0 Å². The van der Waals surface area contributed by atoms with Crippen molar-refractivity contribution in [1.29, 1.82) is 0 Å². The van der Waals surface area contributed by atoms with E-state index in [1.54, 1.807) is 6.07 Å². The first-order valence-corrected chi connectivity index (χ1v) is 5.59. The summed E-state index contributed by atoms with van der Waals surface area (Å²) < 4.78 is 0. The molecule has 0 aliphatic heterocycles. The van der Waals surface area contributed by atoms with E-state index in [1.165, 1.54) is 12.3 Å². The molecular formula is C13H13N3O2. The van der Waals surface area contributed by atoms with Gasteiger partial charge in [-0.3, -0.25) is 10.1 Å². The van der Waals surface area contributed by atoms with Gasteiger partial charge in [0.15, 0.2) is 0 Å². The van der Waals surface area contributed by atoms with Crippen molar-refractivity contribution in [2.24, 2.45) is 0 Å². The quantitative estimate of drug-likeness (QED) is 0.661. The summed E-state index contributed by atoms with van der Waals surface area (Å²) in [5, 5.41) is 13.9. The van der Waals surface area contributed by atoms with E-state index in [4.69, 9.17) is 0 Å². The fourth-order valence-electron chi connectivity index (χ4n) is 1.69. The molecule has 18 heavy (non-hydrogen) atoms. The van der Waals surface area contributed by atoms with Gasteiger partial charge in [0.05, 0.1) is 11.0 Å². The molecule has 1 aromatic heterocycles. The van der Waals surface area contributed by atoms with Gasteiger partial charge in [-0.15, -0.1) is 0 Å². The van der Waals surface area contributed by atoms with E-state index >= 15 is 0 Å². The van der Waals surface area contributed by atoms with E-state index in [0.29, 0.717) is 5.82 Å². The highest BCUT2D eigenvalue weighted by Gasteiger charge is 2.16. The molecule has 0 fully saturated rings. The highest BCUT2D eigenvalue weighted by atomic mass is 16.6. The summed E-state index contributed by atoms with van der Waals surface area (Å²) in [6.45, 7) is 1.94. The van der Waals surface area contributed by atoms with Gasteiger partial charge in [0, 0.05) is 12.3 Å². The van der Waals surface area contributed by atoms with E-state index in [1.807, 2.05) is 37.3 Å². The topological polar surface area (TPSA) is 68.1 Å². The van der Waals surface area contributed by atoms with Crippen LogP contribution in [0.15, 0.2) is 48.7 Å². The van der Waals surface area contributed by atoms with E-state index < -0.39 is 4.92 Å². The van der Waals surface area contributed by atoms with Gasteiger partial charge in [0.2, 0.25) is 5.82 Å². The Morgan fingerprint density at radius 3 is 2.61 bits per heavy atom. The predicted molar refractivity (Wildman–Crippen MR) is 69.4 cm³/mol. The lowest BCUT2D eigenvalue weighted by molar-refractivity contribution is -0.384. The number of rotatable bonds is 4. The van der Waals surface area contributed by atoms with Crippen LogP contribution in [0.1, 0.15) is 18.5 Å². The SMILES string of the molecule is C[C@@H](Nc1ncccc1[N+](=O)[O-])c1ccccc1. The lowest BCUT2D eigenvalue weighted by Crippen LogP contribution is -2.09. The Morgan fingerprint density at radius 2 is 1.94 bits per heavy atom. The Bertz CT molecular complexity index is 543. The second-order valence-corrected chi connectivity index (χ2v) is 3.90. The van der Waals surface area contributed by atoms with Crippen molar-refractivity contribution >= 4 is 11.5 Å². The van der Waals surface area contributed by atoms with E-state index in [2.05, 4.69) is 10.3 Å². The Hall–Kier alpha value is -2.43. The number of nitro groups is 1. The second kappa shape index (κ2) is 5.27. The molecule has 0 unspecified atom stereocenters.